The Labute approximate surface area is 229 Å². The zero-order valence-corrected chi connectivity index (χ0v) is 21.7. The summed E-state index contributed by atoms with van der Waals surface area (Å²) in [5.41, 5.74) is 2.56. The Balaban J connectivity index is 1.45. The first-order chi connectivity index (χ1) is 19.2. The molecule has 0 aliphatic heterocycles. The van der Waals surface area contributed by atoms with E-state index in [1.807, 2.05) is 28.9 Å². The number of fused-ring (bicyclic) bond motifs is 1. The Hall–Kier alpha value is -5.14. The average molecular weight is 556 g/mol. The second-order valence-electron chi connectivity index (χ2n) is 8.96. The van der Waals surface area contributed by atoms with Crippen molar-refractivity contribution in [2.24, 2.45) is 0 Å². The van der Waals surface area contributed by atoms with Gasteiger partial charge in [-0.05, 0) is 77.9 Å². The van der Waals surface area contributed by atoms with Crippen molar-refractivity contribution in [3.63, 3.8) is 0 Å². The predicted octanol–water partition coefficient (Wildman–Crippen LogP) is 4.19. The molecule has 200 valence electrons. The summed E-state index contributed by atoms with van der Waals surface area (Å²) in [7, 11) is -3.99. The van der Waals surface area contributed by atoms with Crippen molar-refractivity contribution >= 4 is 21.4 Å². The Kier molecular flexibility index (Phi) is 7.23. The zero-order chi connectivity index (χ0) is 28.3. The molecule has 2 heterocycles. The lowest BCUT2D eigenvalue weighted by atomic mass is 10.1. The summed E-state index contributed by atoms with van der Waals surface area (Å²) in [4.78, 5) is 17.1. The molecule has 0 aliphatic rings. The number of benzene rings is 3. The van der Waals surface area contributed by atoms with Crippen LogP contribution in [0.4, 0.5) is 4.39 Å². The van der Waals surface area contributed by atoms with Gasteiger partial charge in [0, 0.05) is 41.8 Å². The minimum atomic E-state index is -3.99. The van der Waals surface area contributed by atoms with Gasteiger partial charge in [0.25, 0.3) is 5.91 Å². The van der Waals surface area contributed by atoms with E-state index >= 15 is 0 Å². The van der Waals surface area contributed by atoms with Crippen LogP contribution in [-0.4, -0.2) is 33.9 Å². The molecule has 2 aromatic heterocycles. The molecule has 0 unspecified atom stereocenters. The Morgan fingerprint density at radius 3 is 2.48 bits per heavy atom. The van der Waals surface area contributed by atoms with E-state index < -0.39 is 33.1 Å². The molecule has 40 heavy (non-hydrogen) atoms. The standard InChI is InChI=1S/C30H22FN3O5S/c31-25-7-2-20(3-8-25)1-5-23-17-24(30(37)33-18-21-11-13-34-14-12-32-29(34)16-21)6-10-28(23)40(38,39)19-22-4-9-26(35)27(36)15-22/h2-4,6-17,35-36H,18-19H2,(H,33,37). The normalized spacial score (nSPS) is 11.1. The monoisotopic (exact) mass is 555 g/mol. The number of aromatic nitrogens is 2. The third kappa shape index (κ3) is 5.95. The highest BCUT2D eigenvalue weighted by Crippen LogP contribution is 2.28. The van der Waals surface area contributed by atoms with Crippen LogP contribution in [0.2, 0.25) is 0 Å². The lowest BCUT2D eigenvalue weighted by Gasteiger charge is -2.11. The number of carbonyl (C=O) groups excluding carboxylic acids is 1. The van der Waals surface area contributed by atoms with Crippen LogP contribution in [0.15, 0.2) is 96.3 Å². The first-order valence-corrected chi connectivity index (χ1v) is 13.7. The first kappa shape index (κ1) is 26.5. The maximum absolute atomic E-state index is 13.4. The fourth-order valence-corrected chi connectivity index (χ4v) is 5.51. The van der Waals surface area contributed by atoms with Crippen molar-refractivity contribution in [2.45, 2.75) is 17.2 Å². The molecular formula is C30H22FN3O5S. The van der Waals surface area contributed by atoms with E-state index in [2.05, 4.69) is 22.1 Å². The highest BCUT2D eigenvalue weighted by Gasteiger charge is 2.21. The van der Waals surface area contributed by atoms with E-state index in [0.29, 0.717) is 5.56 Å². The molecule has 0 spiro atoms. The van der Waals surface area contributed by atoms with Crippen molar-refractivity contribution < 1.29 is 27.8 Å². The molecular weight excluding hydrogens is 533 g/mol. The second-order valence-corrected chi connectivity index (χ2v) is 10.9. The van der Waals surface area contributed by atoms with Crippen molar-refractivity contribution in [1.29, 1.82) is 0 Å². The number of phenolic OH excluding ortho intramolecular Hbond substituents is 2. The smallest absolute Gasteiger partial charge is 0.251 e. The van der Waals surface area contributed by atoms with Crippen LogP contribution >= 0.6 is 0 Å². The lowest BCUT2D eigenvalue weighted by Crippen LogP contribution is -2.23. The van der Waals surface area contributed by atoms with Gasteiger partial charge in [-0.2, -0.15) is 0 Å². The Bertz CT molecular complexity index is 1910. The average Bonchev–Trinajstić information content (AvgIpc) is 3.41. The van der Waals surface area contributed by atoms with Gasteiger partial charge in [-0.25, -0.2) is 17.8 Å². The van der Waals surface area contributed by atoms with Crippen molar-refractivity contribution in [1.82, 2.24) is 14.7 Å². The third-order valence-corrected chi connectivity index (χ3v) is 7.81. The minimum absolute atomic E-state index is 0.0822. The number of nitrogens with one attached hydrogen (secondary N) is 1. The number of rotatable bonds is 6. The summed E-state index contributed by atoms with van der Waals surface area (Å²) >= 11 is 0. The zero-order valence-electron chi connectivity index (χ0n) is 20.9. The fourth-order valence-electron chi connectivity index (χ4n) is 4.02. The SMILES string of the molecule is O=C(NCc1ccn2ccnc2c1)c1ccc(S(=O)(=O)Cc2ccc(O)c(O)c2)c(C#Cc2ccc(F)cc2)c1. The van der Waals surface area contributed by atoms with E-state index in [1.165, 1.54) is 60.7 Å². The third-order valence-electron chi connectivity index (χ3n) is 6.07. The molecule has 3 aromatic carbocycles. The van der Waals surface area contributed by atoms with Crippen LogP contribution in [-0.2, 0) is 22.1 Å². The Morgan fingerprint density at radius 2 is 1.70 bits per heavy atom. The number of halogens is 1. The maximum atomic E-state index is 13.4. The second kappa shape index (κ2) is 10.9. The van der Waals surface area contributed by atoms with Crippen LogP contribution in [0.25, 0.3) is 5.65 Å². The highest BCUT2D eigenvalue weighted by atomic mass is 32.2. The van der Waals surface area contributed by atoms with E-state index in [4.69, 9.17) is 0 Å². The van der Waals surface area contributed by atoms with Crippen LogP contribution in [0, 0.1) is 17.7 Å². The van der Waals surface area contributed by atoms with E-state index in [1.54, 1.807) is 6.20 Å². The maximum Gasteiger partial charge on any atom is 0.251 e. The lowest BCUT2D eigenvalue weighted by molar-refractivity contribution is 0.0950. The number of hydrogen-bond acceptors (Lipinski definition) is 6. The number of phenols is 2. The number of carbonyl (C=O) groups is 1. The summed E-state index contributed by atoms with van der Waals surface area (Å²) in [5, 5.41) is 22.2. The highest BCUT2D eigenvalue weighted by molar-refractivity contribution is 7.90. The molecule has 8 nitrogen and oxygen atoms in total. The topological polar surface area (TPSA) is 121 Å². The quantitative estimate of drug-likeness (QED) is 0.214. The summed E-state index contributed by atoms with van der Waals surface area (Å²) in [5.74, 6) is 3.49. The van der Waals surface area contributed by atoms with E-state index in [0.717, 1.165) is 11.2 Å². The molecule has 0 fully saturated rings. The van der Waals surface area contributed by atoms with Gasteiger partial charge >= 0.3 is 0 Å². The van der Waals surface area contributed by atoms with Gasteiger partial charge in [-0.3, -0.25) is 4.79 Å². The molecule has 5 aromatic rings. The van der Waals surface area contributed by atoms with Crippen molar-refractivity contribution in [3.05, 3.63) is 125 Å². The van der Waals surface area contributed by atoms with Gasteiger partial charge in [-0.15, -0.1) is 0 Å². The van der Waals surface area contributed by atoms with Crippen LogP contribution in [0.5, 0.6) is 11.5 Å². The molecule has 0 aliphatic carbocycles. The van der Waals surface area contributed by atoms with Gasteiger partial charge in [-0.1, -0.05) is 17.9 Å². The van der Waals surface area contributed by atoms with Crippen LogP contribution < -0.4 is 5.32 Å². The largest absolute Gasteiger partial charge is 0.504 e. The van der Waals surface area contributed by atoms with Crippen molar-refractivity contribution in [3.8, 4) is 23.3 Å². The molecule has 1 amide bonds. The Morgan fingerprint density at radius 1 is 0.900 bits per heavy atom. The van der Waals surface area contributed by atoms with E-state index in [-0.39, 0.29) is 33.9 Å². The number of amides is 1. The van der Waals surface area contributed by atoms with Gasteiger partial charge in [0.2, 0.25) is 0 Å². The number of hydrogen-bond donors (Lipinski definition) is 3. The van der Waals surface area contributed by atoms with Crippen LogP contribution in [0.1, 0.15) is 32.6 Å². The number of nitrogens with zero attached hydrogens (tertiary/aromatic N) is 2. The number of pyridine rings is 1. The fraction of sp³-hybridized carbons (Fsp3) is 0.0667. The number of imidazole rings is 1. The van der Waals surface area contributed by atoms with Crippen LogP contribution in [0.3, 0.4) is 0 Å². The first-order valence-electron chi connectivity index (χ1n) is 12.0. The van der Waals surface area contributed by atoms with Gasteiger partial charge in [0.05, 0.1) is 10.6 Å². The van der Waals surface area contributed by atoms with Gasteiger partial charge < -0.3 is 19.9 Å². The molecule has 3 N–H and O–H groups in total. The summed E-state index contributed by atoms with van der Waals surface area (Å²) in [6, 6.07) is 17.0. The molecule has 0 saturated heterocycles. The van der Waals surface area contributed by atoms with Crippen molar-refractivity contribution in [2.75, 3.05) is 0 Å². The molecule has 0 saturated carbocycles. The molecule has 5 rings (SSSR count). The molecule has 0 atom stereocenters. The predicted molar refractivity (Wildman–Crippen MR) is 146 cm³/mol. The molecule has 0 bridgehead atoms. The summed E-state index contributed by atoms with van der Waals surface area (Å²) in [6.07, 6.45) is 5.32. The molecule has 10 heteroatoms. The van der Waals surface area contributed by atoms with Gasteiger partial charge in [0.15, 0.2) is 21.3 Å². The number of sulfone groups is 1. The number of aromatic hydroxyl groups is 2. The summed E-state index contributed by atoms with van der Waals surface area (Å²) in [6.45, 7) is 0.225. The minimum Gasteiger partial charge on any atom is -0.504 e. The van der Waals surface area contributed by atoms with E-state index in [9.17, 15) is 27.8 Å². The summed E-state index contributed by atoms with van der Waals surface area (Å²) < 4.78 is 41.9. The van der Waals surface area contributed by atoms with Gasteiger partial charge in [0.1, 0.15) is 11.5 Å². The molecule has 0 radical (unpaired) electrons.